The molecule has 2 amide bonds. The van der Waals surface area contributed by atoms with E-state index < -0.39 is 11.7 Å². The maximum Gasteiger partial charge on any atom is 0.410 e. The van der Waals surface area contributed by atoms with E-state index in [2.05, 4.69) is 10.4 Å². The summed E-state index contributed by atoms with van der Waals surface area (Å²) in [5.74, 6) is -0.671. The summed E-state index contributed by atoms with van der Waals surface area (Å²) in [5, 5.41) is 7.21. The topological polar surface area (TPSA) is 112 Å². The lowest BCUT2D eigenvalue weighted by molar-refractivity contribution is -0.114. The molecule has 3 fully saturated rings. The van der Waals surface area contributed by atoms with E-state index in [0.717, 1.165) is 19.3 Å². The highest BCUT2D eigenvalue weighted by atomic mass is 35.5. The molecule has 1 aromatic carbocycles. The minimum absolute atomic E-state index is 0.00428. The average Bonchev–Trinajstić information content (AvgIpc) is 3.28. The van der Waals surface area contributed by atoms with Crippen LogP contribution in [-0.4, -0.2) is 59.1 Å². The SMILES string of the molecule is Cn1nc(C2CCC3(C2)CN(C(=O)OC2COC2)C3)c(C(=O)Nc2ccc(F)c(Cl)c2)c1N. The van der Waals surface area contributed by atoms with E-state index in [-0.39, 0.29) is 34.4 Å². The van der Waals surface area contributed by atoms with Gasteiger partial charge in [-0.15, -0.1) is 0 Å². The third-order valence-corrected chi connectivity index (χ3v) is 7.09. The van der Waals surface area contributed by atoms with Crippen LogP contribution in [0.15, 0.2) is 18.2 Å². The van der Waals surface area contributed by atoms with Gasteiger partial charge in [-0.05, 0) is 37.5 Å². The fourth-order valence-electron chi connectivity index (χ4n) is 4.96. The van der Waals surface area contributed by atoms with Gasteiger partial charge in [0.25, 0.3) is 5.91 Å². The van der Waals surface area contributed by atoms with Gasteiger partial charge in [0, 0.05) is 37.2 Å². The number of anilines is 2. The van der Waals surface area contributed by atoms with E-state index in [0.29, 0.717) is 43.2 Å². The standard InChI is InChI=1S/C22H25ClFN5O4/c1-28-19(25)17(20(30)26-13-2-3-16(24)15(23)6-13)18(27-28)12-4-5-22(7-12)10-29(11-22)21(31)33-14-8-32-9-14/h2-3,6,12,14H,4-5,7-11,25H2,1H3,(H,26,30). The molecule has 1 atom stereocenters. The molecule has 176 valence electrons. The largest absolute Gasteiger partial charge is 0.441 e. The number of carbonyl (C=O) groups excluding carboxylic acids is 2. The molecule has 5 rings (SSSR count). The van der Waals surface area contributed by atoms with Crippen LogP contribution >= 0.6 is 11.6 Å². The van der Waals surface area contributed by atoms with Crippen molar-refractivity contribution in [3.05, 3.63) is 40.3 Å². The molecule has 9 nitrogen and oxygen atoms in total. The van der Waals surface area contributed by atoms with Crippen molar-refractivity contribution < 1.29 is 23.5 Å². The van der Waals surface area contributed by atoms with Gasteiger partial charge in [0.05, 0.1) is 23.9 Å². The molecular weight excluding hydrogens is 453 g/mol. The van der Waals surface area contributed by atoms with Crippen LogP contribution in [0.1, 0.15) is 41.2 Å². The fourth-order valence-corrected chi connectivity index (χ4v) is 5.14. The molecule has 1 saturated carbocycles. The van der Waals surface area contributed by atoms with Gasteiger partial charge in [-0.1, -0.05) is 11.6 Å². The molecule has 11 heteroatoms. The molecule has 2 aromatic rings. The van der Waals surface area contributed by atoms with Gasteiger partial charge in [-0.25, -0.2) is 9.18 Å². The number of aryl methyl sites for hydroxylation is 1. The monoisotopic (exact) mass is 477 g/mol. The van der Waals surface area contributed by atoms with Crippen LogP contribution in [0.4, 0.5) is 20.7 Å². The summed E-state index contributed by atoms with van der Waals surface area (Å²) in [4.78, 5) is 27.1. The first-order valence-corrected chi connectivity index (χ1v) is 11.2. The number of carbonyl (C=O) groups is 2. The number of nitrogens with one attached hydrogen (secondary N) is 1. The predicted molar refractivity (Wildman–Crippen MR) is 119 cm³/mol. The Bertz CT molecular complexity index is 1110. The number of rotatable bonds is 4. The molecule has 1 aromatic heterocycles. The summed E-state index contributed by atoms with van der Waals surface area (Å²) in [5.41, 5.74) is 7.53. The Kier molecular flexibility index (Phi) is 5.44. The van der Waals surface area contributed by atoms with Gasteiger partial charge >= 0.3 is 6.09 Å². The second-order valence-corrected chi connectivity index (χ2v) is 9.60. The molecule has 1 aliphatic carbocycles. The number of aromatic nitrogens is 2. The van der Waals surface area contributed by atoms with Crippen LogP contribution in [0.3, 0.4) is 0 Å². The molecule has 0 radical (unpaired) electrons. The van der Waals surface area contributed by atoms with E-state index in [4.69, 9.17) is 26.8 Å². The van der Waals surface area contributed by atoms with Crippen molar-refractivity contribution >= 4 is 35.1 Å². The summed E-state index contributed by atoms with van der Waals surface area (Å²) >= 11 is 5.83. The highest BCUT2D eigenvalue weighted by Gasteiger charge is 2.51. The number of nitrogens with zero attached hydrogens (tertiary/aromatic N) is 3. The number of amides is 2. The average molecular weight is 478 g/mol. The number of hydrogen-bond donors (Lipinski definition) is 2. The summed E-state index contributed by atoms with van der Waals surface area (Å²) in [6, 6.07) is 3.98. The molecule has 3 N–H and O–H groups in total. The Morgan fingerprint density at radius 3 is 2.79 bits per heavy atom. The molecule has 2 aliphatic heterocycles. The van der Waals surface area contributed by atoms with Gasteiger partial charge in [-0.3, -0.25) is 9.48 Å². The van der Waals surface area contributed by atoms with Crippen LogP contribution in [0, 0.1) is 11.2 Å². The first kappa shape index (κ1) is 22.0. The molecule has 0 bridgehead atoms. The lowest BCUT2D eigenvalue weighted by Gasteiger charge is -2.48. The Hall–Kier alpha value is -2.85. The Labute approximate surface area is 194 Å². The third-order valence-electron chi connectivity index (χ3n) is 6.80. The number of benzene rings is 1. The molecule has 2 saturated heterocycles. The molecule has 1 spiro atoms. The van der Waals surface area contributed by atoms with Crippen molar-refractivity contribution in [3.63, 3.8) is 0 Å². The number of hydrogen-bond acceptors (Lipinski definition) is 6. The summed E-state index contributed by atoms with van der Waals surface area (Å²) in [7, 11) is 1.69. The predicted octanol–water partition coefficient (Wildman–Crippen LogP) is 3.15. The highest BCUT2D eigenvalue weighted by molar-refractivity contribution is 6.31. The molecule has 1 unspecified atom stereocenters. The second kappa shape index (κ2) is 8.18. The van der Waals surface area contributed by atoms with Crippen molar-refractivity contribution in [2.45, 2.75) is 31.3 Å². The van der Waals surface area contributed by atoms with Crippen LogP contribution in [0.25, 0.3) is 0 Å². The minimum atomic E-state index is -0.563. The third kappa shape index (κ3) is 4.02. The van der Waals surface area contributed by atoms with E-state index in [1.807, 2.05) is 0 Å². The minimum Gasteiger partial charge on any atom is -0.441 e. The number of nitrogens with two attached hydrogens (primary N) is 1. The number of ether oxygens (including phenoxy) is 2. The summed E-state index contributed by atoms with van der Waals surface area (Å²) in [6.07, 6.45) is 2.15. The fraction of sp³-hybridized carbons (Fsp3) is 0.500. The zero-order valence-electron chi connectivity index (χ0n) is 18.1. The van der Waals surface area contributed by atoms with Crippen molar-refractivity contribution in [1.82, 2.24) is 14.7 Å². The van der Waals surface area contributed by atoms with Gasteiger partial charge in [0.1, 0.15) is 17.2 Å². The van der Waals surface area contributed by atoms with Crippen LogP contribution < -0.4 is 11.1 Å². The first-order chi connectivity index (χ1) is 15.7. The van der Waals surface area contributed by atoms with Crippen molar-refractivity contribution in [1.29, 1.82) is 0 Å². The normalized spacial score (nSPS) is 21.5. The van der Waals surface area contributed by atoms with Crippen molar-refractivity contribution in [2.75, 3.05) is 37.4 Å². The van der Waals surface area contributed by atoms with E-state index in [1.165, 1.54) is 22.9 Å². The van der Waals surface area contributed by atoms with Crippen LogP contribution in [0.2, 0.25) is 5.02 Å². The lowest BCUT2D eigenvalue weighted by Crippen LogP contribution is -2.58. The van der Waals surface area contributed by atoms with E-state index in [9.17, 15) is 14.0 Å². The maximum atomic E-state index is 13.5. The summed E-state index contributed by atoms with van der Waals surface area (Å²) in [6.45, 7) is 2.19. The van der Waals surface area contributed by atoms with Crippen LogP contribution in [-0.2, 0) is 16.5 Å². The van der Waals surface area contributed by atoms with Crippen LogP contribution in [0.5, 0.6) is 0 Å². The van der Waals surface area contributed by atoms with E-state index in [1.54, 1.807) is 11.9 Å². The Morgan fingerprint density at radius 1 is 1.36 bits per heavy atom. The zero-order valence-corrected chi connectivity index (χ0v) is 18.9. The quantitative estimate of drug-likeness (QED) is 0.699. The zero-order chi connectivity index (χ0) is 23.3. The lowest BCUT2D eigenvalue weighted by atomic mass is 9.77. The van der Waals surface area contributed by atoms with Gasteiger partial charge in [0.2, 0.25) is 0 Å². The van der Waals surface area contributed by atoms with Gasteiger partial charge < -0.3 is 25.4 Å². The highest BCUT2D eigenvalue weighted by Crippen LogP contribution is 2.52. The van der Waals surface area contributed by atoms with Gasteiger partial charge in [0.15, 0.2) is 6.10 Å². The van der Waals surface area contributed by atoms with Gasteiger partial charge in [-0.2, -0.15) is 5.10 Å². The number of likely N-dealkylation sites (tertiary alicyclic amines) is 1. The van der Waals surface area contributed by atoms with E-state index >= 15 is 0 Å². The maximum absolute atomic E-state index is 13.5. The smallest absolute Gasteiger partial charge is 0.410 e. The van der Waals surface area contributed by atoms with Crippen molar-refractivity contribution in [3.8, 4) is 0 Å². The summed E-state index contributed by atoms with van der Waals surface area (Å²) < 4.78 is 25.4. The van der Waals surface area contributed by atoms with Crippen molar-refractivity contribution in [2.24, 2.45) is 12.5 Å². The molecule has 33 heavy (non-hydrogen) atoms. The Balaban J connectivity index is 1.27. The second-order valence-electron chi connectivity index (χ2n) is 9.19. The first-order valence-electron chi connectivity index (χ1n) is 10.9. The number of nitrogen functional groups attached to an aromatic ring is 1. The number of halogens is 2. The Morgan fingerprint density at radius 2 is 2.12 bits per heavy atom. The molecular formula is C22H25ClFN5O4. The molecule has 3 aliphatic rings. The molecule has 3 heterocycles.